The van der Waals surface area contributed by atoms with Gasteiger partial charge in [0.1, 0.15) is 5.82 Å². The van der Waals surface area contributed by atoms with Gasteiger partial charge in [0.25, 0.3) is 0 Å². The van der Waals surface area contributed by atoms with Gasteiger partial charge in [-0.25, -0.2) is 4.98 Å². The Hall–Kier alpha value is -1.32. The quantitative estimate of drug-likeness (QED) is 0.420. The molecule has 0 saturated carbocycles. The van der Waals surface area contributed by atoms with Crippen LogP contribution in [0.4, 0.5) is 0 Å². The number of hydrogen-bond donors (Lipinski definition) is 1. The Bertz CT molecular complexity index is 568. The van der Waals surface area contributed by atoms with E-state index in [0.717, 1.165) is 50.8 Å². The molecule has 0 aliphatic carbocycles. The topological polar surface area (TPSA) is 65.8 Å². The zero-order valence-electron chi connectivity index (χ0n) is 14.5. The lowest BCUT2D eigenvalue weighted by molar-refractivity contribution is -0.130. The van der Waals surface area contributed by atoms with E-state index in [1.165, 1.54) is 18.7 Å². The summed E-state index contributed by atoms with van der Waals surface area (Å²) in [6, 6.07) is 0. The third kappa shape index (κ3) is 4.40. The number of nitrogens with zero attached hydrogens (tertiary/aromatic N) is 5. The first kappa shape index (κ1) is 19.0. The van der Waals surface area contributed by atoms with E-state index >= 15 is 0 Å². The van der Waals surface area contributed by atoms with E-state index in [1.807, 2.05) is 4.90 Å². The maximum atomic E-state index is 11.4. The van der Waals surface area contributed by atoms with Gasteiger partial charge >= 0.3 is 0 Å². The van der Waals surface area contributed by atoms with E-state index in [1.54, 1.807) is 14.0 Å². The molecule has 7 nitrogen and oxygen atoms in total. The molecule has 0 aromatic carbocycles. The minimum Gasteiger partial charge on any atom is -0.351 e. The first-order chi connectivity index (χ1) is 11.2. The van der Waals surface area contributed by atoms with Crippen LogP contribution in [0.1, 0.15) is 31.3 Å². The smallest absolute Gasteiger partial charge is 0.219 e. The summed E-state index contributed by atoms with van der Waals surface area (Å²) in [6.07, 6.45) is 5.73. The zero-order valence-corrected chi connectivity index (χ0v) is 16.8. The number of fused-ring (bicyclic) bond motifs is 1. The highest BCUT2D eigenvalue weighted by Crippen LogP contribution is 2.14. The Morgan fingerprint density at radius 1 is 1.21 bits per heavy atom. The lowest BCUT2D eigenvalue weighted by atomic mass is 10.2. The second-order valence-electron chi connectivity index (χ2n) is 6.19. The molecule has 2 aliphatic heterocycles. The van der Waals surface area contributed by atoms with Crippen molar-refractivity contribution in [2.75, 3.05) is 33.2 Å². The largest absolute Gasteiger partial charge is 0.351 e. The number of imidazole rings is 1. The number of nitrogens with one attached hydrogen (secondary N) is 1. The zero-order chi connectivity index (χ0) is 16.2. The highest BCUT2D eigenvalue weighted by atomic mass is 127. The third-order valence-electron chi connectivity index (χ3n) is 4.62. The number of aromatic nitrogens is 2. The van der Waals surface area contributed by atoms with Crippen molar-refractivity contribution in [1.29, 1.82) is 0 Å². The molecule has 1 amide bonds. The SMILES string of the molecule is CN=C(NCc1cn2c(n1)CCCC2)N1CCN(C(C)=O)CC1.I. The number of carbonyl (C=O) groups is 1. The van der Waals surface area contributed by atoms with E-state index in [2.05, 4.69) is 26.0 Å². The molecule has 1 N–H and O–H groups in total. The molecule has 1 aromatic rings. The second-order valence-corrected chi connectivity index (χ2v) is 6.19. The normalized spacial score (nSPS) is 18.0. The van der Waals surface area contributed by atoms with E-state index < -0.39 is 0 Å². The van der Waals surface area contributed by atoms with Crippen molar-refractivity contribution in [2.24, 2.45) is 4.99 Å². The van der Waals surface area contributed by atoms with Crippen molar-refractivity contribution in [3.05, 3.63) is 17.7 Å². The predicted octanol–water partition coefficient (Wildman–Crippen LogP) is 1.08. The van der Waals surface area contributed by atoms with E-state index in [4.69, 9.17) is 4.98 Å². The van der Waals surface area contributed by atoms with Crippen LogP contribution in [0.15, 0.2) is 11.2 Å². The molecule has 0 radical (unpaired) electrons. The van der Waals surface area contributed by atoms with Crippen LogP contribution in [-0.4, -0.2) is 64.4 Å². The van der Waals surface area contributed by atoms with Gasteiger partial charge in [0.2, 0.25) is 5.91 Å². The number of halogens is 1. The lowest BCUT2D eigenvalue weighted by Crippen LogP contribution is -2.53. The van der Waals surface area contributed by atoms with Gasteiger partial charge in [0, 0.05) is 59.3 Å². The van der Waals surface area contributed by atoms with E-state index in [-0.39, 0.29) is 29.9 Å². The van der Waals surface area contributed by atoms with Crippen LogP contribution in [-0.2, 0) is 24.3 Å². The van der Waals surface area contributed by atoms with Crippen molar-refractivity contribution < 1.29 is 4.79 Å². The fraction of sp³-hybridized carbons (Fsp3) is 0.688. The molecular weight excluding hydrogens is 419 g/mol. The van der Waals surface area contributed by atoms with Gasteiger partial charge in [0.05, 0.1) is 12.2 Å². The van der Waals surface area contributed by atoms with Gasteiger partial charge in [-0.15, -0.1) is 24.0 Å². The summed E-state index contributed by atoms with van der Waals surface area (Å²) in [7, 11) is 1.80. The Balaban J connectivity index is 0.00000208. The summed E-state index contributed by atoms with van der Waals surface area (Å²) in [5.74, 6) is 2.24. The molecule has 0 bridgehead atoms. The van der Waals surface area contributed by atoms with E-state index in [0.29, 0.717) is 6.54 Å². The minimum atomic E-state index is 0. The van der Waals surface area contributed by atoms with E-state index in [9.17, 15) is 4.79 Å². The number of carbonyl (C=O) groups excluding carboxylic acids is 1. The second kappa shape index (κ2) is 8.68. The molecule has 0 atom stereocenters. The first-order valence-corrected chi connectivity index (χ1v) is 8.43. The molecular formula is C16H27IN6O. The number of guanidine groups is 1. The first-order valence-electron chi connectivity index (χ1n) is 8.43. The molecule has 3 rings (SSSR count). The Morgan fingerprint density at radius 3 is 2.54 bits per heavy atom. The molecule has 134 valence electrons. The number of rotatable bonds is 2. The van der Waals surface area contributed by atoms with Gasteiger partial charge in [-0.3, -0.25) is 9.79 Å². The van der Waals surface area contributed by atoms with Gasteiger partial charge in [-0.1, -0.05) is 0 Å². The molecule has 1 saturated heterocycles. The third-order valence-corrected chi connectivity index (χ3v) is 4.62. The number of aliphatic imine (C=N–C) groups is 1. The van der Waals surface area contributed by atoms with Gasteiger partial charge in [-0.05, 0) is 12.8 Å². The van der Waals surface area contributed by atoms with Crippen LogP contribution in [0, 0.1) is 0 Å². The molecule has 8 heteroatoms. The Morgan fingerprint density at radius 2 is 1.92 bits per heavy atom. The monoisotopic (exact) mass is 446 g/mol. The van der Waals surface area contributed by atoms with Crippen LogP contribution in [0.5, 0.6) is 0 Å². The van der Waals surface area contributed by atoms with Crippen LogP contribution in [0.3, 0.4) is 0 Å². The average molecular weight is 446 g/mol. The van der Waals surface area contributed by atoms with Crippen LogP contribution >= 0.6 is 24.0 Å². The molecule has 24 heavy (non-hydrogen) atoms. The van der Waals surface area contributed by atoms with Gasteiger partial charge < -0.3 is 19.7 Å². The highest BCUT2D eigenvalue weighted by Gasteiger charge is 2.21. The molecule has 3 heterocycles. The fourth-order valence-corrected chi connectivity index (χ4v) is 3.29. The number of hydrogen-bond acceptors (Lipinski definition) is 3. The minimum absolute atomic E-state index is 0. The average Bonchev–Trinajstić information content (AvgIpc) is 2.98. The van der Waals surface area contributed by atoms with Gasteiger partial charge in [-0.2, -0.15) is 0 Å². The highest BCUT2D eigenvalue weighted by molar-refractivity contribution is 14.0. The summed E-state index contributed by atoms with van der Waals surface area (Å²) < 4.78 is 2.27. The van der Waals surface area contributed by atoms with Crippen molar-refractivity contribution >= 4 is 35.8 Å². The summed E-state index contributed by atoms with van der Waals surface area (Å²) in [4.78, 5) is 24.6. The van der Waals surface area contributed by atoms with Crippen molar-refractivity contribution in [3.63, 3.8) is 0 Å². The van der Waals surface area contributed by atoms with Crippen molar-refractivity contribution in [2.45, 2.75) is 39.3 Å². The van der Waals surface area contributed by atoms with Crippen molar-refractivity contribution in [1.82, 2.24) is 24.7 Å². The van der Waals surface area contributed by atoms with Gasteiger partial charge in [0.15, 0.2) is 5.96 Å². The summed E-state index contributed by atoms with van der Waals surface area (Å²) in [6.45, 7) is 6.56. The Kier molecular flexibility index (Phi) is 6.88. The standard InChI is InChI=1S/C16H26N6O.HI/c1-13(23)20-7-9-21(10-8-20)16(17-2)18-11-14-12-22-6-4-3-5-15(22)19-14;/h12H,3-11H2,1-2H3,(H,17,18);1H. The number of piperazine rings is 1. The van der Waals surface area contributed by atoms with Crippen LogP contribution in [0.2, 0.25) is 0 Å². The maximum Gasteiger partial charge on any atom is 0.219 e. The predicted molar refractivity (Wildman–Crippen MR) is 105 cm³/mol. The van der Waals surface area contributed by atoms with Crippen molar-refractivity contribution in [3.8, 4) is 0 Å². The number of amides is 1. The molecule has 0 unspecified atom stereocenters. The lowest BCUT2D eigenvalue weighted by Gasteiger charge is -2.36. The summed E-state index contributed by atoms with van der Waals surface area (Å²) in [5, 5.41) is 3.41. The number of aryl methyl sites for hydroxylation is 2. The Labute approximate surface area is 160 Å². The summed E-state index contributed by atoms with van der Waals surface area (Å²) >= 11 is 0. The molecule has 2 aliphatic rings. The molecule has 1 fully saturated rings. The van der Waals surface area contributed by atoms with Crippen LogP contribution < -0.4 is 5.32 Å². The fourth-order valence-electron chi connectivity index (χ4n) is 3.29. The molecule has 1 aromatic heterocycles. The van der Waals surface area contributed by atoms with Crippen LogP contribution in [0.25, 0.3) is 0 Å². The molecule has 0 spiro atoms. The maximum absolute atomic E-state index is 11.4. The summed E-state index contributed by atoms with van der Waals surface area (Å²) in [5.41, 5.74) is 1.07.